The first-order valence-corrected chi connectivity index (χ1v) is 6.65. The van der Waals surface area contributed by atoms with Gasteiger partial charge in [0.1, 0.15) is 0 Å². The number of nitrogens with zero attached hydrogens (tertiary/aromatic N) is 1. The summed E-state index contributed by atoms with van der Waals surface area (Å²) in [6, 6.07) is 1.80. The second-order valence-corrected chi connectivity index (χ2v) is 4.77. The van der Waals surface area contributed by atoms with Crippen molar-refractivity contribution in [2.45, 2.75) is 39.5 Å². The summed E-state index contributed by atoms with van der Waals surface area (Å²) in [7, 11) is 0. The van der Waals surface area contributed by atoms with Crippen molar-refractivity contribution in [3.8, 4) is 0 Å². The van der Waals surface area contributed by atoms with Gasteiger partial charge < -0.3 is 16.2 Å². The molecule has 4 N–H and O–H groups in total. The predicted octanol–water partition coefficient (Wildman–Crippen LogP) is 1.85. The topological polar surface area (TPSA) is 105 Å². The molecule has 0 aromatic carbocycles. The summed E-state index contributed by atoms with van der Waals surface area (Å²) in [5.41, 5.74) is 7.92. The SMILES string of the molecule is Cc1cc(NCCCCCC(=O)O)c(C(N)=O)c(C)n1. The third-order valence-corrected chi connectivity index (χ3v) is 2.96. The number of amides is 1. The molecule has 6 nitrogen and oxygen atoms in total. The summed E-state index contributed by atoms with van der Waals surface area (Å²) in [5, 5.41) is 11.7. The van der Waals surface area contributed by atoms with E-state index in [4.69, 9.17) is 10.8 Å². The van der Waals surface area contributed by atoms with E-state index in [2.05, 4.69) is 10.3 Å². The molecule has 1 heterocycles. The molecule has 0 unspecified atom stereocenters. The molecule has 1 aromatic rings. The van der Waals surface area contributed by atoms with E-state index >= 15 is 0 Å². The van der Waals surface area contributed by atoms with E-state index < -0.39 is 11.9 Å². The van der Waals surface area contributed by atoms with E-state index in [1.54, 1.807) is 13.0 Å². The van der Waals surface area contributed by atoms with Gasteiger partial charge in [-0.2, -0.15) is 0 Å². The lowest BCUT2D eigenvalue weighted by atomic mass is 10.1. The summed E-state index contributed by atoms with van der Waals surface area (Å²) < 4.78 is 0. The number of unbranched alkanes of at least 4 members (excludes halogenated alkanes) is 2. The molecule has 0 saturated heterocycles. The maximum Gasteiger partial charge on any atom is 0.303 e. The highest BCUT2D eigenvalue weighted by Gasteiger charge is 2.13. The maximum atomic E-state index is 11.4. The second kappa shape index (κ2) is 7.47. The Morgan fingerprint density at radius 2 is 2.00 bits per heavy atom. The van der Waals surface area contributed by atoms with Gasteiger partial charge in [-0.3, -0.25) is 14.6 Å². The fourth-order valence-corrected chi connectivity index (χ4v) is 2.08. The zero-order valence-corrected chi connectivity index (χ0v) is 11.9. The minimum absolute atomic E-state index is 0.194. The standard InChI is InChI=1S/C14H21N3O3/c1-9-8-11(13(14(15)20)10(2)17-9)16-7-5-3-4-6-12(18)19/h8H,3-7H2,1-2H3,(H2,15,20)(H,16,17)(H,18,19). The van der Waals surface area contributed by atoms with E-state index in [0.29, 0.717) is 29.9 Å². The van der Waals surface area contributed by atoms with Crippen LogP contribution in [0.3, 0.4) is 0 Å². The number of carbonyl (C=O) groups excluding carboxylic acids is 1. The molecule has 0 radical (unpaired) electrons. The fourth-order valence-electron chi connectivity index (χ4n) is 2.08. The molecule has 20 heavy (non-hydrogen) atoms. The van der Waals surface area contributed by atoms with Gasteiger partial charge in [-0.05, 0) is 32.8 Å². The van der Waals surface area contributed by atoms with Crippen molar-refractivity contribution < 1.29 is 14.7 Å². The number of carbonyl (C=O) groups is 2. The van der Waals surface area contributed by atoms with E-state index in [1.807, 2.05) is 6.92 Å². The first kappa shape index (κ1) is 15.9. The Labute approximate surface area is 118 Å². The van der Waals surface area contributed by atoms with Gasteiger partial charge in [0.05, 0.1) is 16.9 Å². The van der Waals surface area contributed by atoms with Crippen LogP contribution in [-0.2, 0) is 4.79 Å². The third kappa shape index (κ3) is 4.87. The average molecular weight is 279 g/mol. The van der Waals surface area contributed by atoms with Gasteiger partial charge in [-0.1, -0.05) is 6.42 Å². The van der Waals surface area contributed by atoms with Crippen molar-refractivity contribution >= 4 is 17.6 Å². The van der Waals surface area contributed by atoms with Gasteiger partial charge >= 0.3 is 5.97 Å². The number of aromatic nitrogens is 1. The zero-order valence-electron chi connectivity index (χ0n) is 11.9. The number of nitrogens with one attached hydrogen (secondary N) is 1. The second-order valence-electron chi connectivity index (χ2n) is 4.77. The highest BCUT2D eigenvalue weighted by molar-refractivity contribution is 5.99. The Morgan fingerprint density at radius 1 is 1.30 bits per heavy atom. The molecule has 1 aromatic heterocycles. The summed E-state index contributed by atoms with van der Waals surface area (Å²) in [6.07, 6.45) is 2.52. The molecule has 0 aliphatic heterocycles. The van der Waals surface area contributed by atoms with Gasteiger partial charge in [-0.15, -0.1) is 0 Å². The van der Waals surface area contributed by atoms with E-state index in [0.717, 1.165) is 18.5 Å². The van der Waals surface area contributed by atoms with Crippen molar-refractivity contribution in [1.29, 1.82) is 0 Å². The number of hydrogen-bond acceptors (Lipinski definition) is 4. The van der Waals surface area contributed by atoms with Crippen LogP contribution in [0.4, 0.5) is 5.69 Å². The number of aliphatic carboxylic acids is 1. The van der Waals surface area contributed by atoms with Gasteiger partial charge in [0.15, 0.2) is 0 Å². The van der Waals surface area contributed by atoms with Crippen LogP contribution < -0.4 is 11.1 Å². The molecule has 1 amide bonds. The number of rotatable bonds is 8. The number of nitrogens with two attached hydrogens (primary N) is 1. The van der Waals surface area contributed by atoms with Crippen LogP contribution in [0.15, 0.2) is 6.07 Å². The molecule has 0 aliphatic rings. The Kier molecular flexibility index (Phi) is 5.96. The molecule has 0 atom stereocenters. The summed E-state index contributed by atoms with van der Waals surface area (Å²) in [5.74, 6) is -1.27. The van der Waals surface area contributed by atoms with Crippen molar-refractivity contribution in [2.75, 3.05) is 11.9 Å². The molecule has 0 aliphatic carbocycles. The quantitative estimate of drug-likeness (QED) is 0.630. The molecule has 1 rings (SSSR count). The van der Waals surface area contributed by atoms with Crippen LogP contribution >= 0.6 is 0 Å². The molecule has 0 bridgehead atoms. The smallest absolute Gasteiger partial charge is 0.303 e. The number of primary amides is 1. The lowest BCUT2D eigenvalue weighted by Crippen LogP contribution is -2.18. The monoisotopic (exact) mass is 279 g/mol. The lowest BCUT2D eigenvalue weighted by molar-refractivity contribution is -0.137. The first-order chi connectivity index (χ1) is 9.41. The van der Waals surface area contributed by atoms with Crippen molar-refractivity contribution in [2.24, 2.45) is 5.73 Å². The van der Waals surface area contributed by atoms with Crippen LogP contribution in [0.5, 0.6) is 0 Å². The van der Waals surface area contributed by atoms with Gasteiger partial charge in [0.2, 0.25) is 0 Å². The molecular weight excluding hydrogens is 258 g/mol. The Bertz CT molecular complexity index is 501. The number of anilines is 1. The van der Waals surface area contributed by atoms with Crippen LogP contribution in [0.2, 0.25) is 0 Å². The Balaban J connectivity index is 2.55. The number of aryl methyl sites for hydroxylation is 2. The lowest BCUT2D eigenvalue weighted by Gasteiger charge is -2.12. The molecular formula is C14H21N3O3. The average Bonchev–Trinajstić information content (AvgIpc) is 2.31. The van der Waals surface area contributed by atoms with E-state index in [9.17, 15) is 9.59 Å². The van der Waals surface area contributed by atoms with Crippen LogP contribution in [0.25, 0.3) is 0 Å². The molecule has 0 spiro atoms. The molecule has 0 fully saturated rings. The van der Waals surface area contributed by atoms with Gasteiger partial charge in [-0.25, -0.2) is 0 Å². The minimum Gasteiger partial charge on any atom is -0.481 e. The maximum absolute atomic E-state index is 11.4. The highest BCUT2D eigenvalue weighted by atomic mass is 16.4. The molecule has 0 saturated carbocycles. The summed E-state index contributed by atoms with van der Waals surface area (Å²) in [4.78, 5) is 26.0. The normalized spacial score (nSPS) is 10.3. The molecule has 6 heteroatoms. The third-order valence-electron chi connectivity index (χ3n) is 2.96. The van der Waals surface area contributed by atoms with Crippen LogP contribution in [0.1, 0.15) is 47.4 Å². The minimum atomic E-state index is -0.769. The number of hydrogen-bond donors (Lipinski definition) is 3. The van der Waals surface area contributed by atoms with Crippen molar-refractivity contribution in [3.63, 3.8) is 0 Å². The largest absolute Gasteiger partial charge is 0.481 e. The number of pyridine rings is 1. The molecule has 110 valence electrons. The van der Waals surface area contributed by atoms with E-state index in [-0.39, 0.29) is 6.42 Å². The Hall–Kier alpha value is -2.11. The van der Waals surface area contributed by atoms with Gasteiger partial charge in [0, 0.05) is 18.7 Å². The fraction of sp³-hybridized carbons (Fsp3) is 0.500. The van der Waals surface area contributed by atoms with Crippen molar-refractivity contribution in [1.82, 2.24) is 4.98 Å². The highest BCUT2D eigenvalue weighted by Crippen LogP contribution is 2.19. The zero-order chi connectivity index (χ0) is 15.1. The number of carboxylic acid groups (broad SMARTS) is 1. The van der Waals surface area contributed by atoms with Crippen LogP contribution in [0, 0.1) is 13.8 Å². The van der Waals surface area contributed by atoms with E-state index in [1.165, 1.54) is 0 Å². The van der Waals surface area contributed by atoms with Crippen LogP contribution in [-0.4, -0.2) is 28.5 Å². The summed E-state index contributed by atoms with van der Waals surface area (Å²) >= 11 is 0. The predicted molar refractivity (Wildman–Crippen MR) is 76.8 cm³/mol. The Morgan fingerprint density at radius 3 is 2.60 bits per heavy atom. The number of carboxylic acids is 1. The first-order valence-electron chi connectivity index (χ1n) is 6.65. The van der Waals surface area contributed by atoms with Gasteiger partial charge in [0.25, 0.3) is 5.91 Å². The van der Waals surface area contributed by atoms with Crippen molar-refractivity contribution in [3.05, 3.63) is 23.0 Å². The summed E-state index contributed by atoms with van der Waals surface area (Å²) in [6.45, 7) is 4.28.